The van der Waals surface area contributed by atoms with Crippen molar-refractivity contribution in [1.82, 2.24) is 9.78 Å². The van der Waals surface area contributed by atoms with E-state index in [1.807, 2.05) is 30.8 Å². The van der Waals surface area contributed by atoms with Crippen molar-refractivity contribution in [1.29, 1.82) is 0 Å². The molecular formula is C14H19N3. The van der Waals surface area contributed by atoms with Gasteiger partial charge in [0.2, 0.25) is 0 Å². The molecule has 0 fully saturated rings. The van der Waals surface area contributed by atoms with Gasteiger partial charge < -0.3 is 5.73 Å². The molecule has 2 N–H and O–H groups in total. The average Bonchev–Trinajstić information content (AvgIpc) is 2.70. The first kappa shape index (κ1) is 11.9. The quantitative estimate of drug-likeness (QED) is 0.879. The second kappa shape index (κ2) is 4.72. The summed E-state index contributed by atoms with van der Waals surface area (Å²) in [5.41, 5.74) is 10.7. The van der Waals surface area contributed by atoms with Crippen LogP contribution >= 0.6 is 0 Å². The molecule has 0 aliphatic heterocycles. The largest absolute Gasteiger partial charge is 0.324 e. The molecule has 0 saturated heterocycles. The molecule has 1 aromatic carbocycles. The van der Waals surface area contributed by atoms with Gasteiger partial charge in [-0.25, -0.2) is 0 Å². The molecule has 0 aliphatic carbocycles. The summed E-state index contributed by atoms with van der Waals surface area (Å²) in [5, 5.41) is 4.48. The zero-order valence-corrected chi connectivity index (χ0v) is 10.6. The summed E-state index contributed by atoms with van der Waals surface area (Å²) in [7, 11) is 1.96. The Labute approximate surface area is 102 Å². The first-order valence-electron chi connectivity index (χ1n) is 6.01. The second-order valence-corrected chi connectivity index (χ2v) is 4.39. The molecule has 0 saturated carbocycles. The minimum absolute atomic E-state index is 0.0381. The third kappa shape index (κ3) is 2.24. The van der Waals surface area contributed by atoms with Crippen molar-refractivity contribution in [3.63, 3.8) is 0 Å². The molecule has 1 unspecified atom stereocenters. The van der Waals surface area contributed by atoms with E-state index in [1.54, 1.807) is 0 Å². The second-order valence-electron chi connectivity index (χ2n) is 4.39. The standard InChI is InChI=1S/C14H19N3/c1-4-14-13(9-17(3)16-14)12-8-6-5-7-11(12)10(2)15/h5-10H,4,15H2,1-3H3. The van der Waals surface area contributed by atoms with Crippen LogP contribution in [0.3, 0.4) is 0 Å². The Bertz CT molecular complexity index is 512. The highest BCUT2D eigenvalue weighted by Gasteiger charge is 2.13. The summed E-state index contributed by atoms with van der Waals surface area (Å²) < 4.78 is 1.87. The summed E-state index contributed by atoms with van der Waals surface area (Å²) in [6, 6.07) is 8.33. The van der Waals surface area contributed by atoms with Gasteiger partial charge in [-0.1, -0.05) is 31.2 Å². The first-order valence-corrected chi connectivity index (χ1v) is 6.01. The maximum Gasteiger partial charge on any atom is 0.0700 e. The van der Waals surface area contributed by atoms with Gasteiger partial charge >= 0.3 is 0 Å². The van der Waals surface area contributed by atoms with Gasteiger partial charge in [0, 0.05) is 24.8 Å². The Balaban J connectivity index is 2.59. The molecule has 17 heavy (non-hydrogen) atoms. The average molecular weight is 229 g/mol. The van der Waals surface area contributed by atoms with Crippen molar-refractivity contribution < 1.29 is 0 Å². The van der Waals surface area contributed by atoms with Crippen molar-refractivity contribution in [2.45, 2.75) is 26.3 Å². The number of benzene rings is 1. The Hall–Kier alpha value is -1.61. The van der Waals surface area contributed by atoms with E-state index >= 15 is 0 Å². The van der Waals surface area contributed by atoms with Gasteiger partial charge in [0.1, 0.15) is 0 Å². The van der Waals surface area contributed by atoms with E-state index < -0.39 is 0 Å². The monoisotopic (exact) mass is 229 g/mol. The fourth-order valence-electron chi connectivity index (χ4n) is 2.16. The van der Waals surface area contributed by atoms with E-state index in [9.17, 15) is 0 Å². The molecular weight excluding hydrogens is 210 g/mol. The lowest BCUT2D eigenvalue weighted by molar-refractivity contribution is 0.746. The topological polar surface area (TPSA) is 43.8 Å². The highest BCUT2D eigenvalue weighted by Crippen LogP contribution is 2.29. The summed E-state index contributed by atoms with van der Waals surface area (Å²) in [6.45, 7) is 4.14. The fraction of sp³-hybridized carbons (Fsp3) is 0.357. The van der Waals surface area contributed by atoms with E-state index in [4.69, 9.17) is 5.73 Å². The molecule has 0 aliphatic rings. The molecule has 2 aromatic rings. The maximum absolute atomic E-state index is 6.02. The van der Waals surface area contributed by atoms with Crippen LogP contribution in [0, 0.1) is 0 Å². The minimum atomic E-state index is 0.0381. The SMILES string of the molecule is CCc1nn(C)cc1-c1ccccc1C(C)N. The van der Waals surface area contributed by atoms with Crippen LogP contribution in [0.15, 0.2) is 30.5 Å². The van der Waals surface area contributed by atoms with Gasteiger partial charge in [-0.3, -0.25) is 4.68 Å². The van der Waals surface area contributed by atoms with E-state index in [-0.39, 0.29) is 6.04 Å². The van der Waals surface area contributed by atoms with Crippen LogP contribution in [-0.4, -0.2) is 9.78 Å². The predicted molar refractivity (Wildman–Crippen MR) is 70.6 cm³/mol. The number of nitrogens with zero attached hydrogens (tertiary/aromatic N) is 2. The van der Waals surface area contributed by atoms with Crippen LogP contribution in [0.25, 0.3) is 11.1 Å². The summed E-state index contributed by atoms with van der Waals surface area (Å²) in [4.78, 5) is 0. The number of aryl methyl sites for hydroxylation is 2. The van der Waals surface area contributed by atoms with Gasteiger partial charge in [0.05, 0.1) is 5.69 Å². The van der Waals surface area contributed by atoms with Crippen LogP contribution in [0.2, 0.25) is 0 Å². The number of rotatable bonds is 3. The number of aromatic nitrogens is 2. The van der Waals surface area contributed by atoms with Crippen LogP contribution in [0.5, 0.6) is 0 Å². The normalized spacial score (nSPS) is 12.7. The maximum atomic E-state index is 6.02. The molecule has 0 amide bonds. The van der Waals surface area contributed by atoms with Crippen LogP contribution in [0.4, 0.5) is 0 Å². The molecule has 90 valence electrons. The van der Waals surface area contributed by atoms with Gasteiger partial charge in [-0.05, 0) is 24.5 Å². The number of nitrogens with two attached hydrogens (primary N) is 1. The Morgan fingerprint density at radius 2 is 2.00 bits per heavy atom. The molecule has 0 radical (unpaired) electrons. The molecule has 0 bridgehead atoms. The van der Waals surface area contributed by atoms with Crippen molar-refractivity contribution >= 4 is 0 Å². The smallest absolute Gasteiger partial charge is 0.0700 e. The number of hydrogen-bond donors (Lipinski definition) is 1. The number of hydrogen-bond acceptors (Lipinski definition) is 2. The Kier molecular flexibility index (Phi) is 3.29. The van der Waals surface area contributed by atoms with Crippen LogP contribution < -0.4 is 5.73 Å². The molecule has 2 rings (SSSR count). The van der Waals surface area contributed by atoms with Gasteiger partial charge in [-0.15, -0.1) is 0 Å². The molecule has 1 atom stereocenters. The third-order valence-corrected chi connectivity index (χ3v) is 2.98. The van der Waals surface area contributed by atoms with Crippen LogP contribution in [0.1, 0.15) is 31.1 Å². The van der Waals surface area contributed by atoms with Crippen molar-refractivity contribution in [2.24, 2.45) is 12.8 Å². The highest BCUT2D eigenvalue weighted by atomic mass is 15.2. The van der Waals surface area contributed by atoms with E-state index in [0.29, 0.717) is 0 Å². The minimum Gasteiger partial charge on any atom is -0.324 e. The van der Waals surface area contributed by atoms with Gasteiger partial charge in [0.25, 0.3) is 0 Å². The zero-order chi connectivity index (χ0) is 12.4. The molecule has 1 aromatic heterocycles. The lowest BCUT2D eigenvalue weighted by atomic mass is 9.96. The highest BCUT2D eigenvalue weighted by molar-refractivity contribution is 5.69. The van der Waals surface area contributed by atoms with E-state index in [0.717, 1.165) is 12.1 Å². The summed E-state index contributed by atoms with van der Waals surface area (Å²) in [6.07, 6.45) is 3.00. The Morgan fingerprint density at radius 1 is 1.29 bits per heavy atom. The van der Waals surface area contributed by atoms with E-state index in [1.165, 1.54) is 16.7 Å². The first-order chi connectivity index (χ1) is 8.13. The Morgan fingerprint density at radius 3 is 2.65 bits per heavy atom. The van der Waals surface area contributed by atoms with Crippen LogP contribution in [-0.2, 0) is 13.5 Å². The summed E-state index contributed by atoms with van der Waals surface area (Å²) >= 11 is 0. The lowest BCUT2D eigenvalue weighted by Gasteiger charge is -2.12. The fourth-order valence-corrected chi connectivity index (χ4v) is 2.16. The molecule has 1 heterocycles. The molecule has 3 nitrogen and oxygen atoms in total. The van der Waals surface area contributed by atoms with Crippen molar-refractivity contribution in [2.75, 3.05) is 0 Å². The third-order valence-electron chi connectivity index (χ3n) is 2.98. The summed E-state index contributed by atoms with van der Waals surface area (Å²) in [5.74, 6) is 0. The molecule has 3 heteroatoms. The zero-order valence-electron chi connectivity index (χ0n) is 10.6. The van der Waals surface area contributed by atoms with Crippen molar-refractivity contribution in [3.8, 4) is 11.1 Å². The van der Waals surface area contributed by atoms with Crippen molar-refractivity contribution in [3.05, 3.63) is 41.7 Å². The van der Waals surface area contributed by atoms with Gasteiger partial charge in [-0.2, -0.15) is 5.10 Å². The van der Waals surface area contributed by atoms with E-state index in [2.05, 4.69) is 30.4 Å². The van der Waals surface area contributed by atoms with Gasteiger partial charge in [0.15, 0.2) is 0 Å². The predicted octanol–water partition coefficient (Wildman–Crippen LogP) is 2.67. The molecule has 0 spiro atoms. The lowest BCUT2D eigenvalue weighted by Crippen LogP contribution is -2.06.